The molecule has 0 aliphatic carbocycles. The number of piperidine rings is 1. The van der Waals surface area contributed by atoms with Gasteiger partial charge in [-0.05, 0) is 38.4 Å². The number of hydrogen-bond donors (Lipinski definition) is 0. The first-order valence-corrected chi connectivity index (χ1v) is 9.38. The Hall–Kier alpha value is -2.39. The second kappa shape index (κ2) is 8.53. The Morgan fingerprint density at radius 2 is 2.41 bits per heavy atom. The Labute approximate surface area is 159 Å². The van der Waals surface area contributed by atoms with Crippen molar-refractivity contribution in [3.8, 4) is 12.3 Å². The van der Waals surface area contributed by atoms with Gasteiger partial charge in [-0.1, -0.05) is 23.2 Å². The van der Waals surface area contributed by atoms with Crippen molar-refractivity contribution in [1.82, 2.24) is 4.90 Å². The van der Waals surface area contributed by atoms with E-state index in [1.165, 1.54) is 12.1 Å². The summed E-state index contributed by atoms with van der Waals surface area (Å²) in [5, 5.41) is 4.14. The van der Waals surface area contributed by atoms with Gasteiger partial charge < -0.3 is 9.57 Å². The number of likely N-dealkylation sites (tertiary alicyclic amines) is 1. The van der Waals surface area contributed by atoms with E-state index >= 15 is 0 Å². The van der Waals surface area contributed by atoms with Gasteiger partial charge in [0.1, 0.15) is 11.9 Å². The van der Waals surface area contributed by atoms with Crippen LogP contribution in [0.4, 0.5) is 4.39 Å². The van der Waals surface area contributed by atoms with Crippen LogP contribution in [0, 0.1) is 23.6 Å². The Bertz CT molecular complexity index is 758. The average Bonchev–Trinajstić information content (AvgIpc) is 3.11. The molecule has 0 saturated carbocycles. The molecule has 2 aliphatic rings. The maximum Gasteiger partial charge on any atom is 0.313 e. The van der Waals surface area contributed by atoms with Crippen molar-refractivity contribution in [3.05, 3.63) is 35.6 Å². The summed E-state index contributed by atoms with van der Waals surface area (Å²) < 4.78 is 18.9. The fourth-order valence-electron chi connectivity index (χ4n) is 4.00. The van der Waals surface area contributed by atoms with Crippen LogP contribution in [0.25, 0.3) is 0 Å². The van der Waals surface area contributed by atoms with Crippen molar-refractivity contribution < 1.29 is 18.8 Å². The lowest BCUT2D eigenvalue weighted by Gasteiger charge is -2.41. The molecule has 0 amide bonds. The molecule has 2 atom stereocenters. The highest BCUT2D eigenvalue weighted by molar-refractivity contribution is 6.01. The SMILES string of the molecule is C#CCN1CCC[C@@](C[C@@H]2CC(c3cccc(F)c3)=NO2)(C(=O)OCC)C1. The number of esters is 1. The van der Waals surface area contributed by atoms with Crippen LogP contribution in [-0.4, -0.2) is 48.9 Å². The van der Waals surface area contributed by atoms with Gasteiger partial charge in [0, 0.05) is 24.9 Å². The highest BCUT2D eigenvalue weighted by atomic mass is 19.1. The topological polar surface area (TPSA) is 51.1 Å². The smallest absolute Gasteiger partial charge is 0.313 e. The van der Waals surface area contributed by atoms with Crippen LogP contribution in [-0.2, 0) is 14.4 Å². The third kappa shape index (κ3) is 4.48. The monoisotopic (exact) mass is 372 g/mol. The lowest BCUT2D eigenvalue weighted by atomic mass is 9.74. The minimum atomic E-state index is -0.650. The molecular formula is C21H25FN2O3. The molecule has 0 unspecified atom stereocenters. The molecule has 2 heterocycles. The predicted octanol–water partition coefficient (Wildman–Crippen LogP) is 2.99. The summed E-state index contributed by atoms with van der Waals surface area (Å²) in [6, 6.07) is 6.31. The van der Waals surface area contributed by atoms with Crippen molar-refractivity contribution in [3.63, 3.8) is 0 Å². The molecule has 144 valence electrons. The normalized spacial score (nSPS) is 25.4. The van der Waals surface area contributed by atoms with E-state index in [0.29, 0.717) is 43.8 Å². The van der Waals surface area contributed by atoms with Gasteiger partial charge in [0.2, 0.25) is 0 Å². The summed E-state index contributed by atoms with van der Waals surface area (Å²) in [6.07, 6.45) is 7.89. The zero-order chi connectivity index (χ0) is 19.3. The van der Waals surface area contributed by atoms with Crippen LogP contribution in [0.2, 0.25) is 0 Å². The van der Waals surface area contributed by atoms with Crippen LogP contribution in [0.1, 0.15) is 38.2 Å². The quantitative estimate of drug-likeness (QED) is 0.569. The molecule has 6 heteroatoms. The van der Waals surface area contributed by atoms with Crippen LogP contribution in [0.15, 0.2) is 29.4 Å². The third-order valence-electron chi connectivity index (χ3n) is 5.19. The summed E-state index contributed by atoms with van der Waals surface area (Å²) in [5.41, 5.74) is 0.762. The van der Waals surface area contributed by atoms with Crippen LogP contribution in [0.5, 0.6) is 0 Å². The molecule has 0 N–H and O–H groups in total. The molecule has 1 aromatic rings. The Kier molecular flexibility index (Phi) is 6.12. The van der Waals surface area contributed by atoms with Gasteiger partial charge in [-0.25, -0.2) is 4.39 Å². The molecule has 1 fully saturated rings. The van der Waals surface area contributed by atoms with E-state index in [9.17, 15) is 9.18 Å². The number of oxime groups is 1. The van der Waals surface area contributed by atoms with Crippen molar-refractivity contribution in [2.75, 3.05) is 26.2 Å². The first kappa shape index (κ1) is 19.4. The van der Waals surface area contributed by atoms with E-state index in [1.807, 2.05) is 13.0 Å². The van der Waals surface area contributed by atoms with Crippen molar-refractivity contribution in [2.24, 2.45) is 10.6 Å². The molecule has 2 aliphatic heterocycles. The maximum absolute atomic E-state index is 13.5. The highest BCUT2D eigenvalue weighted by Crippen LogP contribution is 2.38. The zero-order valence-electron chi connectivity index (χ0n) is 15.6. The Morgan fingerprint density at radius 3 is 3.15 bits per heavy atom. The zero-order valence-corrected chi connectivity index (χ0v) is 15.6. The third-order valence-corrected chi connectivity index (χ3v) is 5.19. The van der Waals surface area contributed by atoms with E-state index < -0.39 is 5.41 Å². The minimum absolute atomic E-state index is 0.200. The van der Waals surface area contributed by atoms with E-state index in [0.717, 1.165) is 19.4 Å². The molecule has 0 spiro atoms. The van der Waals surface area contributed by atoms with Gasteiger partial charge in [0.05, 0.1) is 24.3 Å². The number of rotatable bonds is 6. The number of hydrogen-bond acceptors (Lipinski definition) is 5. The molecule has 0 bridgehead atoms. The lowest BCUT2D eigenvalue weighted by Crippen LogP contribution is -2.50. The number of ether oxygens (including phenoxy) is 1. The number of nitrogens with zero attached hydrogens (tertiary/aromatic N) is 2. The second-order valence-electron chi connectivity index (χ2n) is 7.20. The predicted molar refractivity (Wildman–Crippen MR) is 101 cm³/mol. The summed E-state index contributed by atoms with van der Waals surface area (Å²) in [6.45, 7) is 4.10. The van der Waals surface area contributed by atoms with E-state index in [-0.39, 0.29) is 17.9 Å². The second-order valence-corrected chi connectivity index (χ2v) is 7.20. The van der Waals surface area contributed by atoms with Gasteiger partial charge in [0.25, 0.3) is 0 Å². The first-order chi connectivity index (χ1) is 13.1. The molecular weight excluding hydrogens is 347 g/mol. The summed E-state index contributed by atoms with van der Waals surface area (Å²) in [4.78, 5) is 20.5. The van der Waals surface area contributed by atoms with Crippen LogP contribution in [0.3, 0.4) is 0 Å². The van der Waals surface area contributed by atoms with Gasteiger partial charge >= 0.3 is 5.97 Å². The van der Waals surface area contributed by atoms with E-state index in [2.05, 4.69) is 16.0 Å². The highest BCUT2D eigenvalue weighted by Gasteiger charge is 2.46. The van der Waals surface area contributed by atoms with E-state index in [1.54, 1.807) is 6.07 Å². The van der Waals surface area contributed by atoms with Gasteiger partial charge in [0.15, 0.2) is 0 Å². The molecule has 0 radical (unpaired) electrons. The van der Waals surface area contributed by atoms with E-state index in [4.69, 9.17) is 16.0 Å². The molecule has 1 aromatic carbocycles. The fourth-order valence-corrected chi connectivity index (χ4v) is 4.00. The number of carbonyl (C=O) groups excluding carboxylic acids is 1. The number of benzene rings is 1. The van der Waals surface area contributed by atoms with Crippen LogP contribution < -0.4 is 0 Å². The number of carbonyl (C=O) groups is 1. The van der Waals surface area contributed by atoms with Gasteiger partial charge in [-0.3, -0.25) is 9.69 Å². The number of terminal acetylenes is 1. The maximum atomic E-state index is 13.5. The summed E-state index contributed by atoms with van der Waals surface area (Å²) >= 11 is 0. The summed E-state index contributed by atoms with van der Waals surface area (Å²) in [5.74, 6) is 2.15. The van der Waals surface area contributed by atoms with Crippen LogP contribution >= 0.6 is 0 Å². The van der Waals surface area contributed by atoms with Gasteiger partial charge in [-0.2, -0.15) is 0 Å². The Balaban J connectivity index is 1.72. The summed E-state index contributed by atoms with van der Waals surface area (Å²) in [7, 11) is 0. The molecule has 0 aromatic heterocycles. The molecule has 27 heavy (non-hydrogen) atoms. The number of halogens is 1. The van der Waals surface area contributed by atoms with Crippen molar-refractivity contribution in [1.29, 1.82) is 0 Å². The minimum Gasteiger partial charge on any atom is -0.466 e. The standard InChI is InChI=1S/C21H25FN2O3/c1-3-10-24-11-6-9-21(15-24,20(25)26-4-2)14-18-13-19(23-27-18)16-7-5-8-17(22)12-16/h1,5,7-8,12,18H,4,6,9-11,13-15H2,2H3/t18-,21-/m0/s1. The fraction of sp³-hybridized carbons (Fsp3) is 0.524. The average molecular weight is 372 g/mol. The molecule has 5 nitrogen and oxygen atoms in total. The molecule has 3 rings (SSSR count). The Morgan fingerprint density at radius 1 is 1.56 bits per heavy atom. The first-order valence-electron chi connectivity index (χ1n) is 9.38. The van der Waals surface area contributed by atoms with Gasteiger partial charge in [-0.15, -0.1) is 6.42 Å². The lowest BCUT2D eigenvalue weighted by molar-refractivity contribution is -0.162. The van der Waals surface area contributed by atoms with Crippen molar-refractivity contribution in [2.45, 2.75) is 38.7 Å². The molecule has 1 saturated heterocycles. The van der Waals surface area contributed by atoms with Crippen molar-refractivity contribution >= 4 is 11.7 Å². The largest absolute Gasteiger partial charge is 0.466 e.